The molecule has 0 atom stereocenters. The standard InChI is InChI=1S/C19H21N3O3S/c1-15-7-9-16(10-8-15)19(23)21-20-17-11-13-22(14-12-17)26(24,25)18-5-3-2-4-6-18/h2-10H,11-14H2,1H3,(H,21,23). The highest BCUT2D eigenvalue weighted by molar-refractivity contribution is 7.89. The molecule has 26 heavy (non-hydrogen) atoms. The molecule has 2 aromatic carbocycles. The molecule has 136 valence electrons. The Morgan fingerprint density at radius 2 is 1.62 bits per heavy atom. The van der Waals surface area contributed by atoms with Crippen molar-refractivity contribution in [1.82, 2.24) is 9.73 Å². The van der Waals surface area contributed by atoms with Crippen LogP contribution in [0.1, 0.15) is 28.8 Å². The topological polar surface area (TPSA) is 78.8 Å². The number of rotatable bonds is 4. The van der Waals surface area contributed by atoms with Crippen LogP contribution >= 0.6 is 0 Å². The number of benzene rings is 2. The molecule has 0 spiro atoms. The summed E-state index contributed by atoms with van der Waals surface area (Å²) in [5.41, 5.74) is 4.98. The molecule has 0 aliphatic carbocycles. The molecule has 0 aromatic heterocycles. The summed E-state index contributed by atoms with van der Waals surface area (Å²) in [5, 5.41) is 4.17. The number of nitrogens with zero attached hydrogens (tertiary/aromatic N) is 2. The van der Waals surface area contributed by atoms with Gasteiger partial charge in [-0.15, -0.1) is 0 Å². The SMILES string of the molecule is Cc1ccc(C(=O)NN=C2CCN(S(=O)(=O)c3ccccc3)CC2)cc1. The van der Waals surface area contributed by atoms with Gasteiger partial charge in [0.1, 0.15) is 0 Å². The molecule has 6 nitrogen and oxygen atoms in total. The highest BCUT2D eigenvalue weighted by Crippen LogP contribution is 2.19. The Bertz CT molecular complexity index is 897. The smallest absolute Gasteiger partial charge is 0.267 e. The van der Waals surface area contributed by atoms with Crippen LogP contribution < -0.4 is 5.43 Å². The molecule has 2 aromatic rings. The van der Waals surface area contributed by atoms with Crippen molar-refractivity contribution in [2.45, 2.75) is 24.7 Å². The van der Waals surface area contributed by atoms with E-state index in [-0.39, 0.29) is 5.91 Å². The lowest BCUT2D eigenvalue weighted by molar-refractivity contribution is 0.0954. The molecular weight excluding hydrogens is 350 g/mol. The summed E-state index contributed by atoms with van der Waals surface area (Å²) in [6, 6.07) is 15.6. The van der Waals surface area contributed by atoms with Crippen molar-refractivity contribution < 1.29 is 13.2 Å². The zero-order chi connectivity index (χ0) is 18.6. The fourth-order valence-electron chi connectivity index (χ4n) is 2.74. The maximum Gasteiger partial charge on any atom is 0.271 e. The molecule has 1 amide bonds. The molecule has 1 aliphatic rings. The van der Waals surface area contributed by atoms with Gasteiger partial charge < -0.3 is 0 Å². The number of aryl methyl sites for hydroxylation is 1. The highest BCUT2D eigenvalue weighted by Gasteiger charge is 2.27. The lowest BCUT2D eigenvalue weighted by Crippen LogP contribution is -2.39. The summed E-state index contributed by atoms with van der Waals surface area (Å²) < 4.78 is 26.6. The minimum atomic E-state index is -3.47. The molecule has 3 rings (SSSR count). The van der Waals surface area contributed by atoms with Crippen molar-refractivity contribution in [2.24, 2.45) is 5.10 Å². The van der Waals surface area contributed by atoms with Gasteiger partial charge >= 0.3 is 0 Å². The Hall–Kier alpha value is -2.51. The van der Waals surface area contributed by atoms with Crippen molar-refractivity contribution in [3.8, 4) is 0 Å². The first-order valence-corrected chi connectivity index (χ1v) is 9.88. The van der Waals surface area contributed by atoms with E-state index in [1.807, 2.05) is 19.1 Å². The Morgan fingerprint density at radius 1 is 1.00 bits per heavy atom. The molecule has 1 heterocycles. The van der Waals surface area contributed by atoms with Crippen LogP contribution in [0.4, 0.5) is 0 Å². The van der Waals surface area contributed by atoms with Crippen LogP contribution in [0, 0.1) is 6.92 Å². The maximum atomic E-state index is 12.6. The highest BCUT2D eigenvalue weighted by atomic mass is 32.2. The second-order valence-corrected chi connectivity index (χ2v) is 8.14. The Kier molecular flexibility index (Phi) is 5.49. The summed E-state index contributed by atoms with van der Waals surface area (Å²) in [5.74, 6) is -0.267. The van der Waals surface area contributed by atoms with Crippen molar-refractivity contribution >= 4 is 21.6 Å². The van der Waals surface area contributed by atoms with E-state index in [2.05, 4.69) is 10.5 Å². The van der Waals surface area contributed by atoms with Crippen LogP contribution in [0.3, 0.4) is 0 Å². The predicted molar refractivity (Wildman–Crippen MR) is 101 cm³/mol. The number of hydrogen-bond acceptors (Lipinski definition) is 4. The number of nitrogens with one attached hydrogen (secondary N) is 1. The van der Waals surface area contributed by atoms with Crippen LogP contribution in [0.2, 0.25) is 0 Å². The number of piperidine rings is 1. The molecule has 0 saturated carbocycles. The van der Waals surface area contributed by atoms with Gasteiger partial charge in [0.05, 0.1) is 4.90 Å². The molecule has 0 radical (unpaired) electrons. The molecular formula is C19H21N3O3S. The van der Waals surface area contributed by atoms with Gasteiger partial charge in [0, 0.05) is 37.2 Å². The molecule has 1 aliphatic heterocycles. The van der Waals surface area contributed by atoms with Crippen LogP contribution in [-0.2, 0) is 10.0 Å². The fourth-order valence-corrected chi connectivity index (χ4v) is 4.20. The molecule has 0 unspecified atom stereocenters. The van der Waals surface area contributed by atoms with Crippen molar-refractivity contribution in [3.63, 3.8) is 0 Å². The van der Waals surface area contributed by atoms with Crippen molar-refractivity contribution in [1.29, 1.82) is 0 Å². The second-order valence-electron chi connectivity index (χ2n) is 6.20. The van der Waals surface area contributed by atoms with Gasteiger partial charge in [0.2, 0.25) is 10.0 Å². The van der Waals surface area contributed by atoms with E-state index in [4.69, 9.17) is 0 Å². The minimum absolute atomic E-state index is 0.267. The number of carbonyl (C=O) groups is 1. The summed E-state index contributed by atoms with van der Waals surface area (Å²) in [7, 11) is -3.47. The Morgan fingerprint density at radius 3 is 2.23 bits per heavy atom. The maximum absolute atomic E-state index is 12.6. The van der Waals surface area contributed by atoms with Gasteiger partial charge in [-0.05, 0) is 31.2 Å². The third-order valence-corrected chi connectivity index (χ3v) is 6.22. The van der Waals surface area contributed by atoms with Gasteiger partial charge in [-0.3, -0.25) is 4.79 Å². The van der Waals surface area contributed by atoms with Gasteiger partial charge in [0.25, 0.3) is 5.91 Å². The van der Waals surface area contributed by atoms with Gasteiger partial charge in [0.15, 0.2) is 0 Å². The molecule has 1 N–H and O–H groups in total. The Balaban J connectivity index is 1.59. The predicted octanol–water partition coefficient (Wildman–Crippen LogP) is 2.57. The quantitative estimate of drug-likeness (QED) is 0.839. The van der Waals surface area contributed by atoms with Crippen molar-refractivity contribution in [3.05, 3.63) is 65.7 Å². The van der Waals surface area contributed by atoms with Crippen LogP contribution in [0.25, 0.3) is 0 Å². The fraction of sp³-hybridized carbons (Fsp3) is 0.263. The monoisotopic (exact) mass is 371 g/mol. The summed E-state index contributed by atoms with van der Waals surface area (Å²) >= 11 is 0. The zero-order valence-corrected chi connectivity index (χ0v) is 15.4. The molecule has 0 bridgehead atoms. The number of hydrogen-bond donors (Lipinski definition) is 1. The second kappa shape index (κ2) is 7.80. The largest absolute Gasteiger partial charge is 0.271 e. The van der Waals surface area contributed by atoms with E-state index in [0.29, 0.717) is 36.4 Å². The van der Waals surface area contributed by atoms with Crippen LogP contribution in [0.15, 0.2) is 64.6 Å². The van der Waals surface area contributed by atoms with Crippen molar-refractivity contribution in [2.75, 3.05) is 13.1 Å². The lowest BCUT2D eigenvalue weighted by atomic mass is 10.1. The average Bonchev–Trinajstić information content (AvgIpc) is 2.67. The number of sulfonamides is 1. The first-order valence-electron chi connectivity index (χ1n) is 8.44. The molecule has 1 saturated heterocycles. The number of carbonyl (C=O) groups excluding carboxylic acids is 1. The molecule has 1 fully saturated rings. The van der Waals surface area contributed by atoms with E-state index in [1.165, 1.54) is 4.31 Å². The van der Waals surface area contributed by atoms with E-state index in [0.717, 1.165) is 11.3 Å². The summed E-state index contributed by atoms with van der Waals surface area (Å²) in [6.07, 6.45) is 1.00. The van der Waals surface area contributed by atoms with E-state index in [9.17, 15) is 13.2 Å². The Labute approximate surface area is 153 Å². The summed E-state index contributed by atoms with van der Waals surface area (Å²) in [4.78, 5) is 12.4. The van der Waals surface area contributed by atoms with Gasteiger partial charge in [-0.25, -0.2) is 13.8 Å². The first kappa shape index (κ1) is 18.3. The van der Waals surface area contributed by atoms with Gasteiger partial charge in [-0.1, -0.05) is 35.9 Å². The lowest BCUT2D eigenvalue weighted by Gasteiger charge is -2.26. The third kappa shape index (κ3) is 4.17. The number of hydrazone groups is 1. The van der Waals surface area contributed by atoms with Crippen LogP contribution in [0.5, 0.6) is 0 Å². The normalized spacial score (nSPS) is 15.5. The third-order valence-electron chi connectivity index (χ3n) is 4.31. The van der Waals surface area contributed by atoms with E-state index in [1.54, 1.807) is 42.5 Å². The summed E-state index contributed by atoms with van der Waals surface area (Å²) in [6.45, 7) is 2.67. The first-order chi connectivity index (χ1) is 12.5. The molecule has 7 heteroatoms. The van der Waals surface area contributed by atoms with E-state index >= 15 is 0 Å². The minimum Gasteiger partial charge on any atom is -0.267 e. The average molecular weight is 371 g/mol. The van der Waals surface area contributed by atoms with E-state index < -0.39 is 10.0 Å². The van der Waals surface area contributed by atoms with Crippen LogP contribution in [-0.4, -0.2) is 37.4 Å². The zero-order valence-electron chi connectivity index (χ0n) is 14.6. The number of amides is 1. The van der Waals surface area contributed by atoms with Gasteiger partial charge in [-0.2, -0.15) is 9.41 Å².